The molecule has 4 rings (SSSR count). The van der Waals surface area contributed by atoms with E-state index in [-0.39, 0.29) is 17.2 Å². The third-order valence-corrected chi connectivity index (χ3v) is 7.28. The fourth-order valence-corrected chi connectivity index (χ4v) is 5.32. The molecule has 4 heteroatoms. The molecule has 3 atom stereocenters. The van der Waals surface area contributed by atoms with Gasteiger partial charge in [0.05, 0.1) is 29.0 Å². The number of hydrogen-bond acceptors (Lipinski definition) is 2. The molecule has 1 N–H and O–H groups in total. The van der Waals surface area contributed by atoms with Gasteiger partial charge < -0.3 is 5.11 Å². The number of aliphatic hydroxyl groups is 1. The van der Waals surface area contributed by atoms with E-state index in [0.717, 1.165) is 36.2 Å². The van der Waals surface area contributed by atoms with E-state index in [2.05, 4.69) is 49.3 Å². The maximum absolute atomic E-state index is 13.2. The van der Waals surface area contributed by atoms with Crippen LogP contribution in [0, 0.1) is 18.3 Å². The summed E-state index contributed by atoms with van der Waals surface area (Å²) in [6.07, 6.45) is 10.1. The molecule has 0 radical (unpaired) electrons. The molecule has 2 aliphatic carbocycles. The molecule has 1 heterocycles. The first-order valence-corrected chi connectivity index (χ1v) is 10.7. The van der Waals surface area contributed by atoms with Gasteiger partial charge in [-0.1, -0.05) is 36.3 Å². The summed E-state index contributed by atoms with van der Waals surface area (Å²) < 4.78 is 15.2. The van der Waals surface area contributed by atoms with Crippen molar-refractivity contribution in [3.63, 3.8) is 0 Å². The normalized spacial score (nSPS) is 26.1. The van der Waals surface area contributed by atoms with Crippen LogP contribution in [0.1, 0.15) is 57.4 Å². The first-order chi connectivity index (χ1) is 14.1. The van der Waals surface area contributed by atoms with E-state index >= 15 is 0 Å². The number of fused-ring (bicyclic) bond motifs is 2. The fraction of sp³-hybridized carbons (Fsp3) is 0.423. The van der Waals surface area contributed by atoms with Crippen LogP contribution in [0.25, 0.3) is 11.8 Å². The highest BCUT2D eigenvalue weighted by molar-refractivity contribution is 5.62. The molecule has 1 aromatic heterocycles. The van der Waals surface area contributed by atoms with E-state index in [9.17, 15) is 9.50 Å². The second-order valence-electron chi connectivity index (χ2n) is 9.41. The Hall–Kier alpha value is -2.46. The number of aromatic nitrogens is 2. The predicted octanol–water partition coefficient (Wildman–Crippen LogP) is 6.11. The molecule has 1 fully saturated rings. The predicted molar refractivity (Wildman–Crippen MR) is 120 cm³/mol. The SMILES string of the molecule is C/C(F)=C\C=C(/C)C(C)(O)C1CCC2=Cc3c(cnn3-c3ccc(C)cc3)CC21C. The Kier molecular flexibility index (Phi) is 5.09. The first kappa shape index (κ1) is 20.8. The minimum absolute atomic E-state index is 0.0664. The molecule has 0 aliphatic heterocycles. The molecular formula is C26H31FN2O. The van der Waals surface area contributed by atoms with Gasteiger partial charge in [-0.15, -0.1) is 0 Å². The molecular weight excluding hydrogens is 375 g/mol. The highest BCUT2D eigenvalue weighted by Gasteiger charge is 2.52. The molecule has 0 spiro atoms. The smallest absolute Gasteiger partial charge is 0.0968 e. The summed E-state index contributed by atoms with van der Waals surface area (Å²) >= 11 is 0. The fourth-order valence-electron chi connectivity index (χ4n) is 5.32. The lowest BCUT2D eigenvalue weighted by molar-refractivity contribution is -0.00657. The largest absolute Gasteiger partial charge is 0.385 e. The maximum atomic E-state index is 13.2. The monoisotopic (exact) mass is 406 g/mol. The highest BCUT2D eigenvalue weighted by atomic mass is 19.1. The van der Waals surface area contributed by atoms with Crippen molar-refractivity contribution < 1.29 is 9.50 Å². The van der Waals surface area contributed by atoms with Gasteiger partial charge in [-0.25, -0.2) is 9.07 Å². The zero-order valence-corrected chi connectivity index (χ0v) is 18.5. The van der Waals surface area contributed by atoms with Crippen molar-refractivity contribution in [2.45, 2.75) is 59.5 Å². The van der Waals surface area contributed by atoms with E-state index in [1.54, 1.807) is 6.08 Å². The summed E-state index contributed by atoms with van der Waals surface area (Å²) in [6, 6.07) is 8.42. The molecule has 3 nitrogen and oxygen atoms in total. The Bertz CT molecular complexity index is 1050. The van der Waals surface area contributed by atoms with Gasteiger partial charge in [-0.05, 0) is 87.8 Å². The van der Waals surface area contributed by atoms with Crippen LogP contribution in [0.3, 0.4) is 0 Å². The number of nitrogens with zero attached hydrogens (tertiary/aromatic N) is 2. The number of halogens is 1. The van der Waals surface area contributed by atoms with Crippen molar-refractivity contribution >= 4 is 6.08 Å². The number of rotatable bonds is 4. The van der Waals surface area contributed by atoms with E-state index < -0.39 is 5.60 Å². The molecule has 1 saturated carbocycles. The third-order valence-electron chi connectivity index (χ3n) is 7.28. The van der Waals surface area contributed by atoms with E-state index in [1.165, 1.54) is 29.7 Å². The van der Waals surface area contributed by atoms with Crippen LogP contribution in [-0.4, -0.2) is 20.5 Å². The lowest BCUT2D eigenvalue weighted by Gasteiger charge is -2.43. The molecule has 3 unspecified atom stereocenters. The van der Waals surface area contributed by atoms with Gasteiger partial charge in [0.1, 0.15) is 0 Å². The standard InChI is InChI=1S/C26H31FN2O/c1-17-6-11-22(12-7-17)29-23-14-21-10-13-24(25(21,4)15-20(23)16-28-29)26(5,30)18(2)8-9-19(3)27/h6-9,11-12,14,16,24,30H,10,13,15H2,1-5H3/b18-8+,19-9+. The topological polar surface area (TPSA) is 38.1 Å². The lowest BCUT2D eigenvalue weighted by atomic mass is 9.63. The second-order valence-corrected chi connectivity index (χ2v) is 9.41. The molecule has 1 aromatic carbocycles. The Morgan fingerprint density at radius 3 is 2.63 bits per heavy atom. The van der Waals surface area contributed by atoms with E-state index in [1.807, 2.05) is 24.7 Å². The number of allylic oxidation sites excluding steroid dienone is 4. The van der Waals surface area contributed by atoms with Crippen LogP contribution < -0.4 is 0 Å². The van der Waals surface area contributed by atoms with Crippen LogP contribution >= 0.6 is 0 Å². The third kappa shape index (κ3) is 3.37. The average Bonchev–Trinajstić information content (AvgIpc) is 3.24. The Morgan fingerprint density at radius 2 is 1.97 bits per heavy atom. The van der Waals surface area contributed by atoms with Crippen LogP contribution in [0.5, 0.6) is 0 Å². The van der Waals surface area contributed by atoms with Crippen LogP contribution in [0.15, 0.2) is 59.6 Å². The van der Waals surface area contributed by atoms with E-state index in [0.29, 0.717) is 0 Å². The molecule has 0 saturated heterocycles. The number of benzene rings is 1. The van der Waals surface area contributed by atoms with Gasteiger partial charge in [0.15, 0.2) is 0 Å². The Morgan fingerprint density at radius 1 is 1.27 bits per heavy atom. The lowest BCUT2D eigenvalue weighted by Crippen LogP contribution is -2.44. The van der Waals surface area contributed by atoms with E-state index in [4.69, 9.17) is 0 Å². The van der Waals surface area contributed by atoms with Crippen LogP contribution in [-0.2, 0) is 6.42 Å². The zero-order chi connectivity index (χ0) is 21.7. The molecule has 30 heavy (non-hydrogen) atoms. The summed E-state index contributed by atoms with van der Waals surface area (Å²) in [5.41, 5.74) is 5.69. The Labute approximate surface area is 178 Å². The maximum Gasteiger partial charge on any atom is 0.0968 e. The summed E-state index contributed by atoms with van der Waals surface area (Å²) in [6.45, 7) is 9.55. The minimum Gasteiger partial charge on any atom is -0.385 e. The number of aryl methyl sites for hydroxylation is 1. The molecule has 2 aliphatic rings. The summed E-state index contributed by atoms with van der Waals surface area (Å²) in [5, 5.41) is 16.2. The summed E-state index contributed by atoms with van der Waals surface area (Å²) in [5.74, 6) is -0.189. The highest BCUT2D eigenvalue weighted by Crippen LogP contribution is 2.57. The van der Waals surface area contributed by atoms with Crippen molar-refractivity contribution in [3.05, 3.63) is 76.4 Å². The number of hydrogen-bond donors (Lipinski definition) is 1. The molecule has 0 bridgehead atoms. The van der Waals surface area contributed by atoms with Crippen molar-refractivity contribution in [2.24, 2.45) is 11.3 Å². The van der Waals surface area contributed by atoms with Crippen LogP contribution in [0.2, 0.25) is 0 Å². The summed E-state index contributed by atoms with van der Waals surface area (Å²) in [7, 11) is 0. The van der Waals surface area contributed by atoms with Crippen molar-refractivity contribution in [2.75, 3.05) is 0 Å². The van der Waals surface area contributed by atoms with Crippen molar-refractivity contribution in [1.29, 1.82) is 0 Å². The molecule has 0 amide bonds. The van der Waals surface area contributed by atoms with Crippen LogP contribution in [0.4, 0.5) is 4.39 Å². The van der Waals surface area contributed by atoms with Gasteiger partial charge >= 0.3 is 0 Å². The van der Waals surface area contributed by atoms with Crippen molar-refractivity contribution in [1.82, 2.24) is 9.78 Å². The van der Waals surface area contributed by atoms with Gasteiger partial charge in [0.25, 0.3) is 0 Å². The van der Waals surface area contributed by atoms with Gasteiger partial charge in [0.2, 0.25) is 0 Å². The summed E-state index contributed by atoms with van der Waals surface area (Å²) in [4.78, 5) is 0. The second kappa shape index (κ2) is 7.35. The van der Waals surface area contributed by atoms with Gasteiger partial charge in [-0.2, -0.15) is 5.10 Å². The Balaban J connectivity index is 1.70. The molecule has 2 aromatic rings. The average molecular weight is 407 g/mol. The minimum atomic E-state index is -0.999. The quantitative estimate of drug-likeness (QED) is 0.622. The molecule has 158 valence electrons. The zero-order valence-electron chi connectivity index (χ0n) is 18.5. The first-order valence-electron chi connectivity index (χ1n) is 10.7. The van der Waals surface area contributed by atoms with Gasteiger partial charge in [0, 0.05) is 5.92 Å². The van der Waals surface area contributed by atoms with Crippen molar-refractivity contribution in [3.8, 4) is 5.69 Å². The van der Waals surface area contributed by atoms with Gasteiger partial charge in [-0.3, -0.25) is 0 Å².